The Kier molecular flexibility index (Phi) is 5.75. The molecule has 2 N–H and O–H groups in total. The van der Waals surface area contributed by atoms with Crippen molar-refractivity contribution in [3.8, 4) is 0 Å². The lowest BCUT2D eigenvalue weighted by atomic mass is 10.0. The van der Waals surface area contributed by atoms with Crippen LogP contribution in [0.1, 0.15) is 43.3 Å². The van der Waals surface area contributed by atoms with E-state index in [0.29, 0.717) is 11.6 Å². The molecule has 0 radical (unpaired) electrons. The van der Waals surface area contributed by atoms with Crippen molar-refractivity contribution in [3.63, 3.8) is 0 Å². The average Bonchev–Trinajstić information content (AvgIpc) is 3.34. The summed E-state index contributed by atoms with van der Waals surface area (Å²) in [7, 11) is 1.97. The number of nitrogens with one attached hydrogen (secondary N) is 2. The molecule has 0 saturated carbocycles. The Bertz CT molecular complexity index is 1100. The third-order valence-corrected chi connectivity index (χ3v) is 6.31. The van der Waals surface area contributed by atoms with Crippen molar-refractivity contribution in [2.45, 2.75) is 58.1 Å². The van der Waals surface area contributed by atoms with Crippen LogP contribution in [0.5, 0.6) is 0 Å². The van der Waals surface area contributed by atoms with Gasteiger partial charge in [-0.15, -0.1) is 11.3 Å². The number of hydrogen-bond acceptors (Lipinski definition) is 5. The summed E-state index contributed by atoms with van der Waals surface area (Å²) in [5, 5.41) is 7.31. The molecule has 0 bridgehead atoms. The third-order valence-electron chi connectivity index (χ3n) is 5.24. The maximum absolute atomic E-state index is 13.2. The number of thiazole rings is 1. The van der Waals surface area contributed by atoms with Crippen molar-refractivity contribution in [2.24, 2.45) is 7.05 Å². The summed E-state index contributed by atoms with van der Waals surface area (Å²) in [6, 6.07) is 7.22. The first kappa shape index (κ1) is 21.4. The Morgan fingerprint density at radius 2 is 2.03 bits per heavy atom. The van der Waals surface area contributed by atoms with Gasteiger partial charge in [0.15, 0.2) is 5.13 Å². The number of para-hydroxylation sites is 1. The molecular weight excluding hydrogens is 412 g/mol. The number of carbonyl (C=O) groups is 2. The number of nitrogens with zero attached hydrogens (tertiary/aromatic N) is 2. The fourth-order valence-corrected chi connectivity index (χ4v) is 4.96. The van der Waals surface area contributed by atoms with Gasteiger partial charge in [-0.25, -0.2) is 9.78 Å². The van der Waals surface area contributed by atoms with Crippen LogP contribution in [0, 0.1) is 0 Å². The summed E-state index contributed by atoms with van der Waals surface area (Å²) >= 11 is 1.52. The van der Waals surface area contributed by atoms with Crippen molar-refractivity contribution < 1.29 is 14.3 Å². The van der Waals surface area contributed by atoms with Gasteiger partial charge in [-0.05, 0) is 51.7 Å². The molecule has 0 fully saturated rings. The molecule has 2 amide bonds. The molecule has 2 heterocycles. The van der Waals surface area contributed by atoms with Gasteiger partial charge in [0.25, 0.3) is 0 Å². The molecule has 0 saturated heterocycles. The maximum Gasteiger partial charge on any atom is 0.408 e. The summed E-state index contributed by atoms with van der Waals surface area (Å²) in [6.45, 7) is 5.39. The minimum atomic E-state index is -0.792. The highest BCUT2D eigenvalue weighted by molar-refractivity contribution is 7.15. The van der Waals surface area contributed by atoms with Crippen LogP contribution in [-0.4, -0.2) is 33.2 Å². The van der Waals surface area contributed by atoms with E-state index in [1.165, 1.54) is 16.2 Å². The van der Waals surface area contributed by atoms with Crippen molar-refractivity contribution in [1.29, 1.82) is 0 Å². The van der Waals surface area contributed by atoms with E-state index in [-0.39, 0.29) is 5.91 Å². The zero-order valence-electron chi connectivity index (χ0n) is 18.3. The van der Waals surface area contributed by atoms with Gasteiger partial charge < -0.3 is 19.9 Å². The number of aromatic nitrogens is 2. The second kappa shape index (κ2) is 8.34. The van der Waals surface area contributed by atoms with E-state index >= 15 is 0 Å². The first-order valence-corrected chi connectivity index (χ1v) is 11.3. The molecule has 1 atom stereocenters. The van der Waals surface area contributed by atoms with Gasteiger partial charge >= 0.3 is 6.09 Å². The van der Waals surface area contributed by atoms with Crippen LogP contribution >= 0.6 is 11.3 Å². The van der Waals surface area contributed by atoms with Gasteiger partial charge in [-0.3, -0.25) is 4.79 Å². The van der Waals surface area contributed by atoms with Crippen molar-refractivity contribution in [2.75, 3.05) is 5.32 Å². The number of carbonyl (C=O) groups excluding carboxylic acids is 2. The lowest BCUT2D eigenvalue weighted by Crippen LogP contribution is -2.47. The van der Waals surface area contributed by atoms with E-state index in [2.05, 4.69) is 15.6 Å². The van der Waals surface area contributed by atoms with Gasteiger partial charge in [0, 0.05) is 35.4 Å². The average molecular weight is 441 g/mol. The van der Waals surface area contributed by atoms with E-state index in [4.69, 9.17) is 4.74 Å². The monoisotopic (exact) mass is 440 g/mol. The van der Waals surface area contributed by atoms with Crippen LogP contribution in [0.2, 0.25) is 0 Å². The molecule has 1 aromatic carbocycles. The number of aryl methyl sites for hydroxylation is 3. The molecule has 1 aliphatic rings. The first-order chi connectivity index (χ1) is 14.7. The van der Waals surface area contributed by atoms with E-state index in [9.17, 15) is 9.59 Å². The highest BCUT2D eigenvalue weighted by Crippen LogP contribution is 2.30. The molecular formula is C23H28N4O3S. The molecule has 0 unspecified atom stereocenters. The predicted octanol–water partition coefficient (Wildman–Crippen LogP) is 4.20. The van der Waals surface area contributed by atoms with Crippen molar-refractivity contribution in [1.82, 2.24) is 14.9 Å². The van der Waals surface area contributed by atoms with Gasteiger partial charge in [-0.1, -0.05) is 18.2 Å². The highest BCUT2D eigenvalue weighted by Gasteiger charge is 2.27. The standard InChI is InChI=1S/C23H28N4O3S/c1-23(2,3)30-22(29)25-17(12-14-13-27(4)18-10-6-5-8-15(14)18)20(28)26-21-24-16-9-7-11-19(16)31-21/h5-6,8,10,13,17H,7,9,11-12H2,1-4H3,(H,25,29)(H,24,26,28)/t17-/m1/s1. The smallest absolute Gasteiger partial charge is 0.408 e. The van der Waals surface area contributed by atoms with Gasteiger partial charge in [0.1, 0.15) is 11.6 Å². The summed E-state index contributed by atoms with van der Waals surface area (Å²) in [6.07, 6.45) is 4.81. The summed E-state index contributed by atoms with van der Waals surface area (Å²) in [5.74, 6) is -0.300. The van der Waals surface area contributed by atoms with Crippen LogP contribution in [-0.2, 0) is 35.8 Å². The van der Waals surface area contributed by atoms with Crippen LogP contribution in [0.3, 0.4) is 0 Å². The quantitative estimate of drug-likeness (QED) is 0.623. The molecule has 0 aliphatic heterocycles. The normalized spacial score (nSPS) is 14.3. The number of hydrogen-bond donors (Lipinski definition) is 2. The fraction of sp³-hybridized carbons (Fsp3) is 0.435. The van der Waals surface area contributed by atoms with E-state index in [0.717, 1.165) is 41.4 Å². The minimum Gasteiger partial charge on any atom is -0.444 e. The number of rotatable bonds is 5. The lowest BCUT2D eigenvalue weighted by molar-refractivity contribution is -0.118. The SMILES string of the molecule is Cn1cc(C[C@@H](NC(=O)OC(C)(C)C)C(=O)Nc2nc3c(s2)CCC3)c2ccccc21. The molecule has 8 heteroatoms. The largest absolute Gasteiger partial charge is 0.444 e. The van der Waals surface area contributed by atoms with Crippen molar-refractivity contribution in [3.05, 3.63) is 46.6 Å². The van der Waals surface area contributed by atoms with Gasteiger partial charge in [-0.2, -0.15) is 0 Å². The molecule has 2 aromatic heterocycles. The molecule has 1 aliphatic carbocycles. The second-order valence-corrected chi connectivity index (χ2v) is 10.0. The Hall–Kier alpha value is -2.87. The Morgan fingerprint density at radius 3 is 2.77 bits per heavy atom. The molecule has 3 aromatic rings. The Morgan fingerprint density at radius 1 is 1.26 bits per heavy atom. The minimum absolute atomic E-state index is 0.300. The first-order valence-electron chi connectivity index (χ1n) is 10.5. The highest BCUT2D eigenvalue weighted by atomic mass is 32.1. The molecule has 164 valence electrons. The van der Waals surface area contributed by atoms with E-state index in [1.807, 2.05) is 42.1 Å². The Balaban J connectivity index is 1.56. The van der Waals surface area contributed by atoms with E-state index < -0.39 is 17.7 Å². The number of anilines is 1. The molecule has 0 spiro atoms. The number of benzene rings is 1. The van der Waals surface area contributed by atoms with Gasteiger partial charge in [0.05, 0.1) is 5.69 Å². The maximum atomic E-state index is 13.2. The summed E-state index contributed by atoms with van der Waals surface area (Å²) in [4.78, 5) is 31.4. The molecule has 4 rings (SSSR count). The Labute approximate surface area is 185 Å². The number of alkyl carbamates (subject to hydrolysis) is 1. The number of fused-ring (bicyclic) bond motifs is 2. The lowest BCUT2D eigenvalue weighted by Gasteiger charge is -2.23. The molecule has 7 nitrogen and oxygen atoms in total. The third kappa shape index (κ3) is 4.90. The fourth-order valence-electron chi connectivity index (χ4n) is 3.90. The second-order valence-electron chi connectivity index (χ2n) is 8.92. The zero-order valence-corrected chi connectivity index (χ0v) is 19.1. The topological polar surface area (TPSA) is 85.2 Å². The summed E-state index contributed by atoms with van der Waals surface area (Å²) in [5.41, 5.74) is 2.48. The van der Waals surface area contributed by atoms with E-state index in [1.54, 1.807) is 20.8 Å². The molecule has 31 heavy (non-hydrogen) atoms. The van der Waals surface area contributed by atoms with Crippen LogP contribution < -0.4 is 10.6 Å². The zero-order chi connectivity index (χ0) is 22.2. The van der Waals surface area contributed by atoms with Gasteiger partial charge in [0.2, 0.25) is 5.91 Å². The number of amides is 2. The predicted molar refractivity (Wildman–Crippen MR) is 123 cm³/mol. The van der Waals surface area contributed by atoms with Crippen molar-refractivity contribution >= 4 is 39.4 Å². The van der Waals surface area contributed by atoms with Crippen LogP contribution in [0.4, 0.5) is 9.93 Å². The summed E-state index contributed by atoms with van der Waals surface area (Å²) < 4.78 is 7.43. The number of ether oxygens (including phenoxy) is 1. The van der Waals surface area contributed by atoms with Crippen LogP contribution in [0.15, 0.2) is 30.5 Å². The van der Waals surface area contributed by atoms with Crippen LogP contribution in [0.25, 0.3) is 10.9 Å².